The van der Waals surface area contributed by atoms with E-state index in [0.717, 1.165) is 7.11 Å². The molecule has 0 saturated carbocycles. The second-order valence-electron chi connectivity index (χ2n) is 7.26. The Bertz CT molecular complexity index is 1150. The molecule has 0 bridgehead atoms. The van der Waals surface area contributed by atoms with Gasteiger partial charge in [0.2, 0.25) is 0 Å². The van der Waals surface area contributed by atoms with Crippen LogP contribution in [0.2, 0.25) is 5.02 Å². The van der Waals surface area contributed by atoms with Gasteiger partial charge < -0.3 is 20.3 Å². The normalized spacial score (nSPS) is 19.5. The van der Waals surface area contributed by atoms with Crippen LogP contribution in [0, 0.1) is 0 Å². The molecule has 1 aliphatic heterocycles. The van der Waals surface area contributed by atoms with E-state index in [2.05, 4.69) is 4.99 Å². The number of carbonyl (C=O) groups excluding carboxylic acids is 1. The zero-order valence-electron chi connectivity index (χ0n) is 17.4. The number of anilines is 1. The number of hydrogen-bond donors (Lipinski definition) is 2. The minimum absolute atomic E-state index is 0.0375. The van der Waals surface area contributed by atoms with Crippen LogP contribution in [0.3, 0.4) is 0 Å². The minimum atomic E-state index is -4.36. The molecule has 3 N–H and O–H groups in total. The number of ether oxygens (including phenoxy) is 2. The molecular formula is C22H23ClN2O6S. The number of nitrogen functional groups attached to an aromatic ring is 1. The van der Waals surface area contributed by atoms with E-state index in [1.165, 1.54) is 37.6 Å². The standard InChI is InChI=1S/C22H23ClN2O6S/c1-30-16-6-8-17(9-7-16)32(28,29)19(21(27)31-2)20(26)22(10-3-11-25-22)13-14-4-5-15(23)12-18(14)24/h3-12,19-20,26H,13,24H2,1-2H3. The molecule has 0 amide bonds. The Balaban J connectivity index is 2.06. The Morgan fingerprint density at radius 1 is 1.22 bits per heavy atom. The van der Waals surface area contributed by atoms with Gasteiger partial charge in [0.25, 0.3) is 0 Å². The third-order valence-corrected chi connectivity index (χ3v) is 7.61. The molecule has 3 rings (SSSR count). The van der Waals surface area contributed by atoms with Crippen LogP contribution in [0.15, 0.2) is 64.5 Å². The highest BCUT2D eigenvalue weighted by Gasteiger charge is 2.51. The number of methoxy groups -OCH3 is 2. The molecule has 170 valence electrons. The van der Waals surface area contributed by atoms with E-state index in [1.54, 1.807) is 30.4 Å². The van der Waals surface area contributed by atoms with Gasteiger partial charge in [-0.15, -0.1) is 0 Å². The summed E-state index contributed by atoms with van der Waals surface area (Å²) in [5.41, 5.74) is 5.54. The van der Waals surface area contributed by atoms with Crippen molar-refractivity contribution in [1.82, 2.24) is 0 Å². The highest BCUT2D eigenvalue weighted by Crippen LogP contribution is 2.35. The molecule has 0 spiro atoms. The van der Waals surface area contributed by atoms with E-state index in [4.69, 9.17) is 26.8 Å². The van der Waals surface area contributed by atoms with Crippen molar-refractivity contribution in [2.24, 2.45) is 4.99 Å². The number of nitrogens with zero attached hydrogens (tertiary/aromatic N) is 1. The Hall–Kier alpha value is -2.88. The second kappa shape index (κ2) is 9.32. The SMILES string of the molecule is COC(=O)C(C(O)C1(Cc2ccc(Cl)cc2N)C=CC=N1)S(=O)(=O)c1ccc(OC)cc1. The lowest BCUT2D eigenvalue weighted by atomic mass is 9.84. The monoisotopic (exact) mass is 478 g/mol. The van der Waals surface area contributed by atoms with Crippen LogP contribution in [-0.4, -0.2) is 56.8 Å². The molecule has 0 aliphatic carbocycles. The topological polar surface area (TPSA) is 128 Å². The number of benzene rings is 2. The van der Waals surface area contributed by atoms with Crippen molar-refractivity contribution in [1.29, 1.82) is 0 Å². The zero-order chi connectivity index (χ0) is 23.5. The van der Waals surface area contributed by atoms with Crippen molar-refractivity contribution < 1.29 is 27.8 Å². The molecule has 0 saturated heterocycles. The molecule has 2 aromatic carbocycles. The number of aliphatic hydroxyl groups excluding tert-OH is 1. The average molecular weight is 479 g/mol. The van der Waals surface area contributed by atoms with E-state index < -0.39 is 32.7 Å². The molecule has 0 aromatic heterocycles. The molecule has 32 heavy (non-hydrogen) atoms. The van der Waals surface area contributed by atoms with E-state index in [0.29, 0.717) is 22.0 Å². The van der Waals surface area contributed by atoms with Crippen LogP contribution in [0.4, 0.5) is 5.69 Å². The molecule has 3 unspecified atom stereocenters. The third kappa shape index (κ3) is 4.50. The van der Waals surface area contributed by atoms with E-state index >= 15 is 0 Å². The zero-order valence-corrected chi connectivity index (χ0v) is 19.0. The molecule has 0 radical (unpaired) electrons. The fraction of sp³-hybridized carbons (Fsp3) is 0.273. The van der Waals surface area contributed by atoms with Crippen molar-refractivity contribution in [3.63, 3.8) is 0 Å². The average Bonchev–Trinajstić information content (AvgIpc) is 3.25. The van der Waals surface area contributed by atoms with Crippen LogP contribution in [-0.2, 0) is 25.8 Å². The quantitative estimate of drug-likeness (QED) is 0.439. The summed E-state index contributed by atoms with van der Waals surface area (Å²) in [4.78, 5) is 16.8. The Kier molecular flexibility index (Phi) is 6.92. The molecule has 1 aliphatic rings. The van der Waals surface area contributed by atoms with Gasteiger partial charge >= 0.3 is 5.97 Å². The number of sulfone groups is 1. The first-order chi connectivity index (χ1) is 15.1. The van der Waals surface area contributed by atoms with Crippen LogP contribution < -0.4 is 10.5 Å². The largest absolute Gasteiger partial charge is 0.497 e. The van der Waals surface area contributed by atoms with Gasteiger partial charge in [-0.25, -0.2) is 8.42 Å². The first kappa shape index (κ1) is 23.8. The number of hydrogen-bond acceptors (Lipinski definition) is 8. The van der Waals surface area contributed by atoms with Crippen molar-refractivity contribution in [3.05, 3.63) is 65.2 Å². The number of nitrogens with two attached hydrogens (primary N) is 1. The van der Waals surface area contributed by atoms with E-state index in [-0.39, 0.29) is 11.3 Å². The number of rotatable bonds is 8. The van der Waals surface area contributed by atoms with Gasteiger partial charge in [-0.1, -0.05) is 23.7 Å². The number of aliphatic hydroxyl groups is 1. The number of carbonyl (C=O) groups is 1. The van der Waals surface area contributed by atoms with E-state index in [9.17, 15) is 18.3 Å². The molecule has 8 nitrogen and oxygen atoms in total. The number of halogens is 1. The fourth-order valence-corrected chi connectivity index (χ4v) is 5.48. The Morgan fingerprint density at radius 3 is 2.44 bits per heavy atom. The maximum Gasteiger partial charge on any atom is 0.327 e. The van der Waals surface area contributed by atoms with Gasteiger partial charge in [0.1, 0.15) is 17.4 Å². The minimum Gasteiger partial charge on any atom is -0.497 e. The smallest absolute Gasteiger partial charge is 0.327 e. The van der Waals surface area contributed by atoms with Gasteiger partial charge in [0.05, 0.1) is 19.1 Å². The third-order valence-electron chi connectivity index (χ3n) is 5.32. The van der Waals surface area contributed by atoms with Gasteiger partial charge in [-0.05, 0) is 48.0 Å². The Morgan fingerprint density at radius 2 is 1.91 bits per heavy atom. The lowest BCUT2D eigenvalue weighted by molar-refractivity contribution is -0.142. The van der Waals surface area contributed by atoms with Crippen molar-refractivity contribution >= 4 is 39.3 Å². The lowest BCUT2D eigenvalue weighted by Crippen LogP contribution is -2.53. The summed E-state index contributed by atoms with van der Waals surface area (Å²) in [6.07, 6.45) is 2.82. The molecule has 1 heterocycles. The molecule has 2 aromatic rings. The Labute approximate surface area is 191 Å². The summed E-state index contributed by atoms with van der Waals surface area (Å²) >= 11 is 5.97. The van der Waals surface area contributed by atoms with Crippen LogP contribution in [0.1, 0.15) is 5.56 Å². The first-order valence-corrected chi connectivity index (χ1v) is 11.5. The predicted molar refractivity (Wildman–Crippen MR) is 122 cm³/mol. The number of aliphatic imine (C=N–C) groups is 1. The molecular weight excluding hydrogens is 456 g/mol. The summed E-state index contributed by atoms with van der Waals surface area (Å²) in [5.74, 6) is -0.663. The summed E-state index contributed by atoms with van der Waals surface area (Å²) < 4.78 is 36.6. The van der Waals surface area contributed by atoms with Crippen LogP contribution in [0.5, 0.6) is 5.75 Å². The summed E-state index contributed by atoms with van der Waals surface area (Å²) in [6.45, 7) is 0. The highest BCUT2D eigenvalue weighted by molar-refractivity contribution is 7.92. The van der Waals surface area contributed by atoms with Gasteiger partial charge in [-0.3, -0.25) is 9.79 Å². The van der Waals surface area contributed by atoms with Crippen molar-refractivity contribution in [2.45, 2.75) is 28.2 Å². The molecule has 0 fully saturated rings. The van der Waals surface area contributed by atoms with Crippen LogP contribution in [0.25, 0.3) is 0 Å². The van der Waals surface area contributed by atoms with Gasteiger partial charge in [0, 0.05) is 23.3 Å². The second-order valence-corrected chi connectivity index (χ2v) is 9.76. The number of esters is 1. The molecule has 10 heteroatoms. The first-order valence-electron chi connectivity index (χ1n) is 9.55. The van der Waals surface area contributed by atoms with Crippen LogP contribution >= 0.6 is 11.6 Å². The fourth-order valence-electron chi connectivity index (χ4n) is 3.57. The van der Waals surface area contributed by atoms with Crippen molar-refractivity contribution in [3.8, 4) is 5.75 Å². The highest BCUT2D eigenvalue weighted by atomic mass is 35.5. The van der Waals surface area contributed by atoms with Gasteiger partial charge in [0.15, 0.2) is 15.1 Å². The van der Waals surface area contributed by atoms with E-state index in [1.807, 2.05) is 0 Å². The van der Waals surface area contributed by atoms with Crippen molar-refractivity contribution in [2.75, 3.05) is 20.0 Å². The van der Waals surface area contributed by atoms with Gasteiger partial charge in [-0.2, -0.15) is 0 Å². The lowest BCUT2D eigenvalue weighted by Gasteiger charge is -2.34. The summed E-state index contributed by atoms with van der Waals surface area (Å²) in [5, 5.41) is 9.82. The summed E-state index contributed by atoms with van der Waals surface area (Å²) in [6, 6.07) is 10.3. The maximum absolute atomic E-state index is 13.4. The summed E-state index contributed by atoms with van der Waals surface area (Å²) in [7, 11) is -1.86. The predicted octanol–water partition coefficient (Wildman–Crippen LogP) is 2.23. The number of allylic oxidation sites excluding steroid dienone is 1. The molecule has 3 atom stereocenters. The maximum atomic E-state index is 13.4.